The highest BCUT2D eigenvalue weighted by Crippen LogP contribution is 2.34. The average molecular weight is 215 g/mol. The van der Waals surface area contributed by atoms with Crippen LogP contribution in [0.4, 0.5) is 0 Å². The van der Waals surface area contributed by atoms with Gasteiger partial charge in [0, 0.05) is 12.6 Å². The molecule has 0 aromatic rings. The zero-order valence-electron chi connectivity index (χ0n) is 8.77. The van der Waals surface area contributed by atoms with E-state index in [1.807, 2.05) is 0 Å². The van der Waals surface area contributed by atoms with Crippen LogP contribution in [0.3, 0.4) is 0 Å². The monoisotopic (exact) mass is 215 g/mol. The predicted octanol–water partition coefficient (Wildman–Crippen LogP) is -0.269. The van der Waals surface area contributed by atoms with Crippen LogP contribution in [0.15, 0.2) is 0 Å². The summed E-state index contributed by atoms with van der Waals surface area (Å²) in [5.41, 5.74) is -1.69. The molecule has 2 aliphatic heterocycles. The summed E-state index contributed by atoms with van der Waals surface area (Å²) in [6.45, 7) is 1.37. The highest BCUT2D eigenvalue weighted by atomic mass is 16.5. The van der Waals surface area contributed by atoms with Crippen molar-refractivity contribution in [1.29, 1.82) is 0 Å². The zero-order chi connectivity index (χ0) is 11.1. The molecule has 2 heterocycles. The van der Waals surface area contributed by atoms with Gasteiger partial charge in [-0.1, -0.05) is 0 Å². The first-order valence-corrected chi connectivity index (χ1v) is 5.33. The fourth-order valence-corrected chi connectivity index (χ4v) is 2.26. The molecule has 86 valence electrons. The second-order valence-electron chi connectivity index (χ2n) is 4.68. The van der Waals surface area contributed by atoms with Crippen LogP contribution in [0.1, 0.15) is 26.2 Å². The Morgan fingerprint density at radius 1 is 1.60 bits per heavy atom. The minimum atomic E-state index is -1.69. The van der Waals surface area contributed by atoms with Gasteiger partial charge < -0.3 is 20.3 Å². The molecule has 2 rings (SSSR count). The maximum atomic E-state index is 10.7. The number of fused-ring (bicyclic) bond motifs is 2. The van der Waals surface area contributed by atoms with Gasteiger partial charge in [-0.2, -0.15) is 0 Å². The van der Waals surface area contributed by atoms with E-state index in [9.17, 15) is 9.90 Å². The van der Waals surface area contributed by atoms with Gasteiger partial charge in [0.1, 0.15) is 0 Å². The lowest BCUT2D eigenvalue weighted by molar-refractivity contribution is -0.156. The summed E-state index contributed by atoms with van der Waals surface area (Å²) in [5, 5.41) is 21.3. The smallest absolute Gasteiger partial charge is 0.336 e. The van der Waals surface area contributed by atoms with Crippen LogP contribution >= 0.6 is 0 Å². The van der Waals surface area contributed by atoms with Crippen LogP contribution < -0.4 is 5.32 Å². The van der Waals surface area contributed by atoms with Crippen molar-refractivity contribution >= 4 is 5.97 Å². The Morgan fingerprint density at radius 3 is 2.80 bits per heavy atom. The predicted molar refractivity (Wildman–Crippen MR) is 52.6 cm³/mol. The molecular formula is C10H17NO4. The van der Waals surface area contributed by atoms with Crippen molar-refractivity contribution in [3.63, 3.8) is 0 Å². The number of aliphatic carboxylic acids is 1. The van der Waals surface area contributed by atoms with Gasteiger partial charge in [0.25, 0.3) is 0 Å². The lowest BCUT2D eigenvalue weighted by atomic mass is 9.95. The number of aliphatic hydroxyl groups is 1. The molecule has 15 heavy (non-hydrogen) atoms. The lowest BCUT2D eigenvalue weighted by Crippen LogP contribution is -2.50. The van der Waals surface area contributed by atoms with Crippen LogP contribution in [0.5, 0.6) is 0 Å². The number of carbonyl (C=O) groups is 1. The van der Waals surface area contributed by atoms with Gasteiger partial charge in [0.05, 0.1) is 12.2 Å². The Balaban J connectivity index is 1.81. The second kappa shape index (κ2) is 3.73. The largest absolute Gasteiger partial charge is 0.479 e. The molecule has 0 amide bonds. The Bertz CT molecular complexity index is 266. The summed E-state index contributed by atoms with van der Waals surface area (Å²) in [6.07, 6.45) is 3.62. The molecule has 0 radical (unpaired) electrons. The number of nitrogens with one attached hydrogen (secondary N) is 1. The Labute approximate surface area is 88.4 Å². The first-order chi connectivity index (χ1) is 6.99. The van der Waals surface area contributed by atoms with Crippen molar-refractivity contribution in [2.24, 2.45) is 0 Å². The maximum absolute atomic E-state index is 10.7. The quantitative estimate of drug-likeness (QED) is 0.601. The van der Waals surface area contributed by atoms with Gasteiger partial charge in [-0.15, -0.1) is 0 Å². The third-order valence-electron chi connectivity index (χ3n) is 3.28. The molecule has 2 saturated heterocycles. The van der Waals surface area contributed by atoms with Gasteiger partial charge in [-0.05, 0) is 26.2 Å². The summed E-state index contributed by atoms with van der Waals surface area (Å²) < 4.78 is 5.62. The van der Waals surface area contributed by atoms with Crippen molar-refractivity contribution in [2.75, 3.05) is 6.54 Å². The van der Waals surface area contributed by atoms with E-state index in [4.69, 9.17) is 9.84 Å². The van der Waals surface area contributed by atoms with Crippen LogP contribution in [-0.4, -0.2) is 46.6 Å². The Kier molecular flexibility index (Phi) is 2.70. The molecule has 5 nitrogen and oxygen atoms in total. The summed E-state index contributed by atoms with van der Waals surface area (Å²) in [6, 6.07) is 0.203. The normalized spacial score (nSPS) is 37.9. The zero-order valence-corrected chi connectivity index (χ0v) is 8.77. The fraction of sp³-hybridized carbons (Fsp3) is 0.900. The van der Waals surface area contributed by atoms with Crippen molar-refractivity contribution in [3.8, 4) is 0 Å². The summed E-state index contributed by atoms with van der Waals surface area (Å²) in [4.78, 5) is 10.7. The summed E-state index contributed by atoms with van der Waals surface area (Å²) >= 11 is 0. The minimum absolute atomic E-state index is 0.0690. The third kappa shape index (κ3) is 2.14. The number of hydrogen-bond donors (Lipinski definition) is 3. The molecular weight excluding hydrogens is 198 g/mol. The lowest BCUT2D eigenvalue weighted by Gasteiger charge is -2.25. The maximum Gasteiger partial charge on any atom is 0.336 e. The molecule has 5 heteroatoms. The van der Waals surface area contributed by atoms with Crippen molar-refractivity contribution in [2.45, 2.75) is 50.0 Å². The minimum Gasteiger partial charge on any atom is -0.479 e. The summed E-state index contributed by atoms with van der Waals surface area (Å²) in [5.74, 6) is -1.20. The standard InChI is InChI=1S/C10H17NO4/c1-10(14,9(12)13)5-11-7-4-6-2-3-8(7)15-6/h6-8,11,14H,2-5H2,1H3,(H,12,13). The molecule has 0 saturated carbocycles. The average Bonchev–Trinajstić information content (AvgIpc) is 2.75. The van der Waals surface area contributed by atoms with E-state index < -0.39 is 11.6 Å². The highest BCUT2D eigenvalue weighted by Gasteiger charge is 2.41. The van der Waals surface area contributed by atoms with E-state index in [1.165, 1.54) is 6.92 Å². The first kappa shape index (κ1) is 10.9. The molecule has 2 fully saturated rings. The van der Waals surface area contributed by atoms with E-state index in [0.717, 1.165) is 19.3 Å². The topological polar surface area (TPSA) is 78.8 Å². The third-order valence-corrected chi connectivity index (χ3v) is 3.28. The highest BCUT2D eigenvalue weighted by molar-refractivity contribution is 5.76. The van der Waals surface area contributed by atoms with Gasteiger partial charge in [0.15, 0.2) is 5.60 Å². The van der Waals surface area contributed by atoms with Crippen LogP contribution in [0.2, 0.25) is 0 Å². The number of ether oxygens (including phenoxy) is 1. The molecule has 0 spiro atoms. The fourth-order valence-electron chi connectivity index (χ4n) is 2.26. The van der Waals surface area contributed by atoms with Crippen molar-refractivity contribution in [1.82, 2.24) is 5.32 Å². The van der Waals surface area contributed by atoms with Gasteiger partial charge in [0.2, 0.25) is 0 Å². The van der Waals surface area contributed by atoms with E-state index >= 15 is 0 Å². The van der Waals surface area contributed by atoms with Gasteiger partial charge in [-0.3, -0.25) is 0 Å². The SMILES string of the molecule is CC(O)(CNC1CC2CCC1O2)C(=O)O. The molecule has 2 bridgehead atoms. The Hall–Kier alpha value is -0.650. The molecule has 0 aromatic heterocycles. The molecule has 2 aliphatic rings. The molecule has 0 aromatic carbocycles. The number of carboxylic acids is 1. The molecule has 3 N–H and O–H groups in total. The van der Waals surface area contributed by atoms with Crippen molar-refractivity contribution in [3.05, 3.63) is 0 Å². The van der Waals surface area contributed by atoms with E-state index in [-0.39, 0.29) is 18.7 Å². The summed E-state index contributed by atoms with van der Waals surface area (Å²) in [7, 11) is 0. The van der Waals surface area contributed by atoms with Gasteiger partial charge in [-0.25, -0.2) is 4.79 Å². The number of rotatable bonds is 4. The first-order valence-electron chi connectivity index (χ1n) is 5.33. The van der Waals surface area contributed by atoms with E-state index in [0.29, 0.717) is 6.10 Å². The second-order valence-corrected chi connectivity index (χ2v) is 4.68. The van der Waals surface area contributed by atoms with E-state index in [2.05, 4.69) is 5.32 Å². The van der Waals surface area contributed by atoms with E-state index in [1.54, 1.807) is 0 Å². The van der Waals surface area contributed by atoms with Crippen LogP contribution in [-0.2, 0) is 9.53 Å². The van der Waals surface area contributed by atoms with Gasteiger partial charge >= 0.3 is 5.97 Å². The van der Waals surface area contributed by atoms with Crippen molar-refractivity contribution < 1.29 is 19.7 Å². The number of carboxylic acid groups (broad SMARTS) is 1. The number of hydrogen-bond acceptors (Lipinski definition) is 4. The molecule has 4 atom stereocenters. The Morgan fingerprint density at radius 2 is 2.33 bits per heavy atom. The van der Waals surface area contributed by atoms with Crippen LogP contribution in [0.25, 0.3) is 0 Å². The van der Waals surface area contributed by atoms with Crippen LogP contribution in [0, 0.1) is 0 Å². The molecule has 0 aliphatic carbocycles. The molecule has 4 unspecified atom stereocenters.